The van der Waals surface area contributed by atoms with Gasteiger partial charge in [-0.15, -0.1) is 0 Å². The zero-order chi connectivity index (χ0) is 6.97. The Morgan fingerprint density at radius 2 is 2.30 bits per heavy atom. The molecule has 10 heavy (non-hydrogen) atoms. The molecule has 0 atom stereocenters. The third-order valence-electron chi connectivity index (χ3n) is 1.82. The van der Waals surface area contributed by atoms with Crippen molar-refractivity contribution in [1.29, 1.82) is 0 Å². The number of para-hydroxylation sites is 1. The van der Waals surface area contributed by atoms with Crippen molar-refractivity contribution < 1.29 is 1.43 Å². The minimum Gasteiger partial charge on any atom is -0.366 e. The first-order valence-corrected chi connectivity index (χ1v) is 3.45. The molecule has 0 bridgehead atoms. The Morgan fingerprint density at radius 3 is 3.10 bits per heavy atom. The molecular formula is C8H12N2. The summed E-state index contributed by atoms with van der Waals surface area (Å²) in [6.07, 6.45) is 0. The highest BCUT2D eigenvalue weighted by molar-refractivity contribution is 5.76. The van der Waals surface area contributed by atoms with Crippen LogP contribution in [0.15, 0.2) is 18.2 Å². The largest absolute Gasteiger partial charge is 0.366 e. The number of hydrogen-bond donors (Lipinski definition) is 2. The molecule has 1 aliphatic rings. The summed E-state index contributed by atoms with van der Waals surface area (Å²) in [5, 5.41) is 6.49. The number of anilines is 2. The first-order chi connectivity index (χ1) is 4.88. The van der Waals surface area contributed by atoms with E-state index in [0.29, 0.717) is 0 Å². The van der Waals surface area contributed by atoms with Crippen LogP contribution in [0.3, 0.4) is 0 Å². The Morgan fingerprint density at radius 1 is 1.40 bits per heavy atom. The van der Waals surface area contributed by atoms with Gasteiger partial charge in [0, 0.05) is 1.43 Å². The third-order valence-corrected chi connectivity index (χ3v) is 1.82. The summed E-state index contributed by atoms with van der Waals surface area (Å²) in [6.45, 7) is 2.97. The second-order valence-electron chi connectivity index (χ2n) is 2.53. The minimum atomic E-state index is 0. The lowest BCUT2D eigenvalue weighted by Gasteiger charge is -2.00. The van der Waals surface area contributed by atoms with Crippen molar-refractivity contribution in [3.05, 3.63) is 23.8 Å². The van der Waals surface area contributed by atoms with Gasteiger partial charge in [0.05, 0.1) is 18.0 Å². The topological polar surface area (TPSA) is 24.1 Å². The molecule has 1 aliphatic heterocycles. The van der Waals surface area contributed by atoms with Crippen LogP contribution in [0.4, 0.5) is 11.4 Å². The van der Waals surface area contributed by atoms with E-state index >= 15 is 0 Å². The highest BCUT2D eigenvalue weighted by Gasteiger charge is 2.08. The molecule has 0 radical (unpaired) electrons. The summed E-state index contributed by atoms with van der Waals surface area (Å²) in [4.78, 5) is 0. The van der Waals surface area contributed by atoms with Gasteiger partial charge in [0.25, 0.3) is 0 Å². The molecule has 1 aromatic rings. The van der Waals surface area contributed by atoms with Crippen molar-refractivity contribution in [2.45, 2.75) is 6.92 Å². The fourth-order valence-electron chi connectivity index (χ4n) is 1.28. The van der Waals surface area contributed by atoms with E-state index in [0.717, 1.165) is 6.67 Å². The molecular weight excluding hydrogens is 124 g/mol. The van der Waals surface area contributed by atoms with Crippen molar-refractivity contribution in [1.82, 2.24) is 0 Å². The predicted molar refractivity (Wildman–Crippen MR) is 45.4 cm³/mol. The van der Waals surface area contributed by atoms with E-state index in [9.17, 15) is 0 Å². The zero-order valence-corrected chi connectivity index (χ0v) is 5.94. The molecule has 0 fully saturated rings. The Hall–Kier alpha value is -1.18. The maximum Gasteiger partial charge on any atom is 0.0850 e. The highest BCUT2D eigenvalue weighted by Crippen LogP contribution is 2.28. The molecule has 0 saturated heterocycles. The summed E-state index contributed by atoms with van der Waals surface area (Å²) < 4.78 is 0. The summed E-state index contributed by atoms with van der Waals surface area (Å²) in [7, 11) is 0. The van der Waals surface area contributed by atoms with Gasteiger partial charge in [-0.2, -0.15) is 0 Å². The molecule has 0 unspecified atom stereocenters. The van der Waals surface area contributed by atoms with E-state index in [4.69, 9.17) is 0 Å². The third kappa shape index (κ3) is 0.652. The van der Waals surface area contributed by atoms with Crippen molar-refractivity contribution in [2.24, 2.45) is 0 Å². The maximum atomic E-state index is 3.26. The average molecular weight is 136 g/mol. The second kappa shape index (κ2) is 1.90. The van der Waals surface area contributed by atoms with Crippen LogP contribution in [0.2, 0.25) is 0 Å². The zero-order valence-electron chi connectivity index (χ0n) is 5.94. The number of benzene rings is 1. The summed E-state index contributed by atoms with van der Waals surface area (Å²) >= 11 is 0. The molecule has 0 spiro atoms. The van der Waals surface area contributed by atoms with Crippen LogP contribution in [0.1, 0.15) is 6.99 Å². The highest BCUT2D eigenvalue weighted by atomic mass is 15.1. The van der Waals surface area contributed by atoms with Crippen LogP contribution in [-0.4, -0.2) is 6.67 Å². The van der Waals surface area contributed by atoms with Crippen LogP contribution < -0.4 is 10.6 Å². The van der Waals surface area contributed by atoms with Crippen LogP contribution in [0.25, 0.3) is 0 Å². The van der Waals surface area contributed by atoms with E-state index in [1.54, 1.807) is 0 Å². The number of aryl methyl sites for hydroxylation is 1. The standard InChI is InChI=1S/C8H10N2.H2/c1-6-3-2-4-7-8(6)10-5-9-7;/h2-4,9-10H,5H2,1H3;1H. The number of nitrogens with one attached hydrogen (secondary N) is 2. The van der Waals surface area contributed by atoms with E-state index < -0.39 is 0 Å². The van der Waals surface area contributed by atoms with Gasteiger partial charge in [-0.1, -0.05) is 12.1 Å². The number of rotatable bonds is 0. The van der Waals surface area contributed by atoms with Gasteiger partial charge in [0.2, 0.25) is 0 Å². The second-order valence-corrected chi connectivity index (χ2v) is 2.53. The van der Waals surface area contributed by atoms with Crippen LogP contribution in [0.5, 0.6) is 0 Å². The minimum absolute atomic E-state index is 0. The molecule has 0 aliphatic carbocycles. The Bertz CT molecular complexity index is 260. The number of hydrogen-bond acceptors (Lipinski definition) is 2. The normalized spacial score (nSPS) is 13.7. The molecule has 0 aromatic heterocycles. The van der Waals surface area contributed by atoms with Crippen LogP contribution >= 0.6 is 0 Å². The van der Waals surface area contributed by atoms with Gasteiger partial charge in [0.1, 0.15) is 0 Å². The molecule has 54 valence electrons. The Balaban J connectivity index is 0.000000605. The lowest BCUT2D eigenvalue weighted by molar-refractivity contribution is 1.30. The van der Waals surface area contributed by atoms with Crippen molar-refractivity contribution in [2.75, 3.05) is 17.3 Å². The van der Waals surface area contributed by atoms with Gasteiger partial charge < -0.3 is 10.6 Å². The molecule has 1 heterocycles. The Kier molecular flexibility index (Phi) is 1.07. The molecule has 2 nitrogen and oxygen atoms in total. The van der Waals surface area contributed by atoms with Crippen LogP contribution in [0, 0.1) is 6.92 Å². The summed E-state index contributed by atoms with van der Waals surface area (Å²) in [5.74, 6) is 0. The van der Waals surface area contributed by atoms with Gasteiger partial charge in [-0.3, -0.25) is 0 Å². The van der Waals surface area contributed by atoms with Crippen molar-refractivity contribution >= 4 is 11.4 Å². The SMILES string of the molecule is Cc1cccc2c1NCN2.[HH]. The van der Waals surface area contributed by atoms with E-state index in [1.165, 1.54) is 16.9 Å². The van der Waals surface area contributed by atoms with E-state index in [-0.39, 0.29) is 1.43 Å². The molecule has 2 N–H and O–H groups in total. The fraction of sp³-hybridized carbons (Fsp3) is 0.250. The Labute approximate surface area is 61.7 Å². The van der Waals surface area contributed by atoms with E-state index in [2.05, 4.69) is 35.8 Å². The van der Waals surface area contributed by atoms with Crippen molar-refractivity contribution in [3.8, 4) is 0 Å². The maximum absolute atomic E-state index is 3.26. The first kappa shape index (κ1) is 5.59. The lowest BCUT2D eigenvalue weighted by atomic mass is 10.2. The smallest absolute Gasteiger partial charge is 0.0850 e. The molecule has 1 aromatic carbocycles. The van der Waals surface area contributed by atoms with Gasteiger partial charge in [0.15, 0.2) is 0 Å². The molecule has 2 rings (SSSR count). The number of fused-ring (bicyclic) bond motifs is 1. The lowest BCUT2D eigenvalue weighted by Crippen LogP contribution is -1.99. The predicted octanol–water partition coefficient (Wildman–Crippen LogP) is 2.04. The quantitative estimate of drug-likeness (QED) is 0.570. The summed E-state index contributed by atoms with van der Waals surface area (Å²) in [6, 6.07) is 6.26. The van der Waals surface area contributed by atoms with Gasteiger partial charge in [-0.05, 0) is 18.6 Å². The van der Waals surface area contributed by atoms with E-state index in [1.807, 2.05) is 0 Å². The fourth-order valence-corrected chi connectivity index (χ4v) is 1.28. The van der Waals surface area contributed by atoms with Crippen molar-refractivity contribution in [3.63, 3.8) is 0 Å². The molecule has 0 amide bonds. The van der Waals surface area contributed by atoms with Gasteiger partial charge in [-0.25, -0.2) is 0 Å². The monoisotopic (exact) mass is 136 g/mol. The van der Waals surface area contributed by atoms with Gasteiger partial charge >= 0.3 is 0 Å². The average Bonchev–Trinajstić information content (AvgIpc) is 2.36. The van der Waals surface area contributed by atoms with Crippen LogP contribution in [-0.2, 0) is 0 Å². The summed E-state index contributed by atoms with van der Waals surface area (Å²) in [5.41, 5.74) is 3.78. The molecule has 0 saturated carbocycles. The molecule has 2 heteroatoms. The first-order valence-electron chi connectivity index (χ1n) is 3.45.